The highest BCUT2D eigenvalue weighted by Crippen LogP contribution is 2.34. The molecule has 154 valence electrons. The summed E-state index contributed by atoms with van der Waals surface area (Å²) in [5, 5.41) is 1.78. The third-order valence-corrected chi connectivity index (χ3v) is 7.75. The average molecular weight is 421 g/mol. The van der Waals surface area contributed by atoms with E-state index in [-0.39, 0.29) is 4.90 Å². The van der Waals surface area contributed by atoms with Gasteiger partial charge in [-0.1, -0.05) is 24.6 Å². The van der Waals surface area contributed by atoms with E-state index in [1.54, 1.807) is 36.7 Å². The molecule has 1 aliphatic rings. The molecule has 0 N–H and O–H groups in total. The molecule has 0 atom stereocenters. The van der Waals surface area contributed by atoms with E-state index in [0.29, 0.717) is 5.65 Å². The zero-order valence-electron chi connectivity index (χ0n) is 17.1. The fraction of sp³-hybridized carbons (Fsp3) is 0.304. The summed E-state index contributed by atoms with van der Waals surface area (Å²) >= 11 is 0. The molecule has 0 unspecified atom stereocenters. The lowest BCUT2D eigenvalue weighted by molar-refractivity contribution is 0.439. The molecule has 0 saturated carbocycles. The van der Waals surface area contributed by atoms with Crippen LogP contribution in [-0.2, 0) is 10.0 Å². The van der Waals surface area contributed by atoms with Gasteiger partial charge in [0.1, 0.15) is 0 Å². The molecule has 4 aromatic rings. The summed E-state index contributed by atoms with van der Waals surface area (Å²) in [5.41, 5.74) is 3.33. The largest absolute Gasteiger partial charge is 0.371 e. The number of anilines is 1. The maximum absolute atomic E-state index is 13.3. The Morgan fingerprint density at radius 3 is 2.47 bits per heavy atom. The molecule has 4 heterocycles. The van der Waals surface area contributed by atoms with Crippen molar-refractivity contribution >= 4 is 37.6 Å². The minimum atomic E-state index is -3.73. The van der Waals surface area contributed by atoms with Gasteiger partial charge in [-0.05, 0) is 49.9 Å². The standard InChI is InChI=1S/C23H24N4O2S/c1-16-3-5-18(6-4-16)30(28,29)27-14-10-19-22-20(15-25-23(19)27)24-11-7-21(22)26-12-8-17(2)9-13-26/h3-7,10-11,14-15,17H,8-9,12-13H2,1-2H3. The predicted molar refractivity (Wildman–Crippen MR) is 119 cm³/mol. The topological polar surface area (TPSA) is 68.1 Å². The van der Waals surface area contributed by atoms with Gasteiger partial charge in [-0.3, -0.25) is 4.98 Å². The molecule has 1 aliphatic heterocycles. The van der Waals surface area contributed by atoms with Crippen LogP contribution in [-0.4, -0.2) is 35.4 Å². The van der Waals surface area contributed by atoms with Crippen molar-refractivity contribution in [3.05, 3.63) is 60.6 Å². The summed E-state index contributed by atoms with van der Waals surface area (Å²) in [6, 6.07) is 10.8. The molecule has 1 aromatic carbocycles. The van der Waals surface area contributed by atoms with Crippen molar-refractivity contribution in [1.82, 2.24) is 13.9 Å². The molecule has 30 heavy (non-hydrogen) atoms. The van der Waals surface area contributed by atoms with Crippen LogP contribution in [0.15, 0.2) is 59.9 Å². The van der Waals surface area contributed by atoms with E-state index in [4.69, 9.17) is 0 Å². The van der Waals surface area contributed by atoms with Crippen LogP contribution < -0.4 is 4.90 Å². The quantitative estimate of drug-likeness (QED) is 0.492. The maximum atomic E-state index is 13.3. The van der Waals surface area contributed by atoms with Crippen LogP contribution in [0.4, 0.5) is 5.69 Å². The Hall–Kier alpha value is -2.93. The Morgan fingerprint density at radius 1 is 1.00 bits per heavy atom. The number of fused-ring (bicyclic) bond motifs is 3. The Labute approximate surface area is 176 Å². The van der Waals surface area contributed by atoms with Crippen LogP contribution in [0.3, 0.4) is 0 Å². The van der Waals surface area contributed by atoms with Crippen LogP contribution in [0.2, 0.25) is 0 Å². The minimum Gasteiger partial charge on any atom is -0.371 e. The summed E-state index contributed by atoms with van der Waals surface area (Å²) in [5.74, 6) is 0.733. The van der Waals surface area contributed by atoms with Gasteiger partial charge in [0.05, 0.1) is 16.6 Å². The van der Waals surface area contributed by atoms with Gasteiger partial charge >= 0.3 is 0 Å². The summed E-state index contributed by atoms with van der Waals surface area (Å²) in [4.78, 5) is 11.6. The van der Waals surface area contributed by atoms with Gasteiger partial charge in [0.2, 0.25) is 0 Å². The van der Waals surface area contributed by atoms with Gasteiger partial charge in [-0.15, -0.1) is 0 Å². The van der Waals surface area contributed by atoms with Crippen LogP contribution in [0.5, 0.6) is 0 Å². The van der Waals surface area contributed by atoms with Gasteiger partial charge < -0.3 is 4.90 Å². The average Bonchev–Trinajstić information content (AvgIpc) is 3.19. The predicted octanol–water partition coefficient (Wildman–Crippen LogP) is 4.37. The number of nitrogens with zero attached hydrogens (tertiary/aromatic N) is 4. The molecule has 6 nitrogen and oxygen atoms in total. The number of benzene rings is 1. The lowest BCUT2D eigenvalue weighted by Gasteiger charge is -2.32. The van der Waals surface area contributed by atoms with Crippen molar-refractivity contribution in [3.8, 4) is 0 Å². The van der Waals surface area contributed by atoms with E-state index < -0.39 is 10.0 Å². The smallest absolute Gasteiger partial charge is 0.269 e. The first-order valence-corrected chi connectivity index (χ1v) is 11.7. The lowest BCUT2D eigenvalue weighted by atomic mass is 9.98. The normalized spacial score (nSPS) is 15.9. The lowest BCUT2D eigenvalue weighted by Crippen LogP contribution is -2.32. The molecule has 0 bridgehead atoms. The Kier molecular flexibility index (Phi) is 4.50. The summed E-state index contributed by atoms with van der Waals surface area (Å²) < 4.78 is 27.8. The van der Waals surface area contributed by atoms with Crippen molar-refractivity contribution < 1.29 is 8.42 Å². The monoisotopic (exact) mass is 420 g/mol. The molecule has 0 spiro atoms. The van der Waals surface area contributed by atoms with Crippen LogP contribution in [0.1, 0.15) is 25.3 Å². The first-order valence-electron chi connectivity index (χ1n) is 10.3. The summed E-state index contributed by atoms with van der Waals surface area (Å²) in [7, 11) is -3.73. The SMILES string of the molecule is Cc1ccc(S(=O)(=O)n2ccc3c4c(N5CCC(C)CC5)ccnc4cnc32)cc1. The van der Waals surface area contributed by atoms with E-state index in [9.17, 15) is 8.42 Å². The minimum absolute atomic E-state index is 0.254. The van der Waals surface area contributed by atoms with Gasteiger partial charge in [0, 0.05) is 41.9 Å². The van der Waals surface area contributed by atoms with Crippen LogP contribution in [0.25, 0.3) is 21.9 Å². The van der Waals surface area contributed by atoms with Crippen molar-refractivity contribution in [3.63, 3.8) is 0 Å². The molecule has 1 fully saturated rings. The fourth-order valence-corrected chi connectivity index (χ4v) is 5.52. The van der Waals surface area contributed by atoms with Gasteiger partial charge in [0.25, 0.3) is 10.0 Å². The number of rotatable bonds is 3. The number of hydrogen-bond donors (Lipinski definition) is 0. The van der Waals surface area contributed by atoms with Crippen LogP contribution >= 0.6 is 0 Å². The molecule has 0 amide bonds. The molecule has 7 heteroatoms. The van der Waals surface area contributed by atoms with Crippen molar-refractivity contribution in [2.45, 2.75) is 31.6 Å². The summed E-state index contributed by atoms with van der Waals surface area (Å²) in [6.07, 6.45) is 7.39. The second-order valence-electron chi connectivity index (χ2n) is 8.19. The van der Waals surface area contributed by atoms with E-state index in [2.05, 4.69) is 21.8 Å². The zero-order valence-corrected chi connectivity index (χ0v) is 17.9. The number of piperidine rings is 1. The Balaban J connectivity index is 1.69. The first kappa shape index (κ1) is 19.1. The van der Waals surface area contributed by atoms with Gasteiger partial charge in [-0.25, -0.2) is 17.4 Å². The number of aromatic nitrogens is 3. The molecular formula is C23H24N4O2S. The molecule has 0 radical (unpaired) electrons. The van der Waals surface area contributed by atoms with Gasteiger partial charge in [0.15, 0.2) is 5.65 Å². The molecular weight excluding hydrogens is 396 g/mol. The highest BCUT2D eigenvalue weighted by molar-refractivity contribution is 7.90. The van der Waals surface area contributed by atoms with Crippen LogP contribution in [0, 0.1) is 12.8 Å². The molecule has 0 aliphatic carbocycles. The highest BCUT2D eigenvalue weighted by Gasteiger charge is 2.23. The van der Waals surface area contributed by atoms with E-state index in [1.165, 1.54) is 3.97 Å². The second kappa shape index (κ2) is 7.09. The third-order valence-electron chi connectivity index (χ3n) is 6.07. The zero-order chi connectivity index (χ0) is 20.9. The molecule has 1 saturated heterocycles. The van der Waals surface area contributed by atoms with Crippen molar-refractivity contribution in [1.29, 1.82) is 0 Å². The molecule has 3 aromatic heterocycles. The first-order chi connectivity index (χ1) is 14.4. The summed E-state index contributed by atoms with van der Waals surface area (Å²) in [6.45, 7) is 6.21. The van der Waals surface area contributed by atoms with Crippen molar-refractivity contribution in [2.24, 2.45) is 5.92 Å². The third kappa shape index (κ3) is 3.04. The number of pyridine rings is 2. The van der Waals surface area contributed by atoms with E-state index >= 15 is 0 Å². The van der Waals surface area contributed by atoms with Gasteiger partial charge in [-0.2, -0.15) is 0 Å². The maximum Gasteiger partial charge on any atom is 0.269 e. The van der Waals surface area contributed by atoms with E-state index in [1.807, 2.05) is 25.3 Å². The number of hydrogen-bond acceptors (Lipinski definition) is 5. The Bertz CT molecular complexity index is 1340. The number of aryl methyl sites for hydroxylation is 1. The second-order valence-corrected chi connectivity index (χ2v) is 10.00. The van der Waals surface area contributed by atoms with E-state index in [0.717, 1.165) is 59.4 Å². The fourth-order valence-electron chi connectivity index (χ4n) is 4.22. The molecule has 5 rings (SSSR count). The van der Waals surface area contributed by atoms with Crippen molar-refractivity contribution in [2.75, 3.05) is 18.0 Å². The highest BCUT2D eigenvalue weighted by atomic mass is 32.2. The Morgan fingerprint density at radius 2 is 1.73 bits per heavy atom.